The fourth-order valence-electron chi connectivity index (χ4n) is 4.18. The molecule has 0 radical (unpaired) electrons. The lowest BCUT2D eigenvalue weighted by molar-refractivity contribution is -0.132. The van der Waals surface area contributed by atoms with Gasteiger partial charge in [-0.15, -0.1) is 11.3 Å². The molecule has 1 atom stereocenters. The van der Waals surface area contributed by atoms with Crippen LogP contribution in [0.2, 0.25) is 0 Å². The van der Waals surface area contributed by atoms with E-state index in [-0.39, 0.29) is 17.0 Å². The van der Waals surface area contributed by atoms with Gasteiger partial charge in [0.2, 0.25) is 0 Å². The number of aryl methyl sites for hydroxylation is 3. The molecule has 1 N–H and O–H groups in total. The molecule has 3 aromatic rings. The van der Waals surface area contributed by atoms with E-state index < -0.39 is 23.5 Å². The Labute approximate surface area is 189 Å². The number of Topliss-reactive ketones (excluding diaryl/α,β-unsaturated/α-hetero) is 1. The van der Waals surface area contributed by atoms with E-state index >= 15 is 0 Å². The first kappa shape index (κ1) is 21.8. The van der Waals surface area contributed by atoms with Crippen LogP contribution in [0.1, 0.15) is 33.2 Å². The van der Waals surface area contributed by atoms with Crippen molar-refractivity contribution in [3.05, 3.63) is 86.4 Å². The number of ketones is 1. The van der Waals surface area contributed by atoms with E-state index in [0.29, 0.717) is 11.3 Å². The first-order valence-corrected chi connectivity index (χ1v) is 10.9. The summed E-state index contributed by atoms with van der Waals surface area (Å²) >= 11 is 1.37. The van der Waals surface area contributed by atoms with Gasteiger partial charge in [-0.05, 0) is 73.2 Å². The second kappa shape index (κ2) is 8.24. The molecule has 164 valence electrons. The Morgan fingerprint density at radius 3 is 2.47 bits per heavy atom. The van der Waals surface area contributed by atoms with E-state index in [1.807, 2.05) is 38.3 Å². The summed E-state index contributed by atoms with van der Waals surface area (Å²) in [6, 6.07) is 10.1. The number of amides is 1. The molecule has 0 aliphatic carbocycles. The van der Waals surface area contributed by atoms with Crippen LogP contribution in [0.4, 0.5) is 10.1 Å². The van der Waals surface area contributed by atoms with Crippen LogP contribution in [-0.2, 0) is 9.59 Å². The number of thiophene rings is 1. The van der Waals surface area contributed by atoms with Crippen molar-refractivity contribution >= 4 is 34.5 Å². The number of aliphatic hydroxyl groups excluding tert-OH is 1. The van der Waals surface area contributed by atoms with Gasteiger partial charge in [-0.25, -0.2) is 4.39 Å². The molecule has 2 heterocycles. The van der Waals surface area contributed by atoms with Gasteiger partial charge in [0.15, 0.2) is 0 Å². The van der Waals surface area contributed by atoms with Crippen molar-refractivity contribution in [3.8, 4) is 5.75 Å². The molecule has 1 aliphatic heterocycles. The smallest absolute Gasteiger partial charge is 0.300 e. The van der Waals surface area contributed by atoms with Crippen molar-refractivity contribution in [1.82, 2.24) is 0 Å². The van der Waals surface area contributed by atoms with Crippen LogP contribution in [0, 0.1) is 26.6 Å². The average Bonchev–Trinajstić information content (AvgIpc) is 3.27. The number of aliphatic hydroxyl groups is 1. The lowest BCUT2D eigenvalue weighted by Gasteiger charge is -2.25. The predicted molar refractivity (Wildman–Crippen MR) is 123 cm³/mol. The fourth-order valence-corrected chi connectivity index (χ4v) is 5.21. The maximum absolute atomic E-state index is 14.0. The average molecular weight is 452 g/mol. The third-order valence-corrected chi connectivity index (χ3v) is 6.63. The summed E-state index contributed by atoms with van der Waals surface area (Å²) in [7, 11) is 1.49. The monoisotopic (exact) mass is 451 g/mol. The molecule has 0 bridgehead atoms. The fraction of sp³-hybridized carbons (Fsp3) is 0.200. The Morgan fingerprint density at radius 1 is 1.09 bits per heavy atom. The molecule has 1 saturated heterocycles. The van der Waals surface area contributed by atoms with Crippen LogP contribution in [-0.4, -0.2) is 23.9 Å². The zero-order chi connectivity index (χ0) is 23.2. The first-order valence-electron chi connectivity index (χ1n) is 10.0. The number of carbonyl (C=O) groups excluding carboxylic acids is 2. The van der Waals surface area contributed by atoms with Gasteiger partial charge < -0.3 is 9.84 Å². The molecule has 5 nitrogen and oxygen atoms in total. The van der Waals surface area contributed by atoms with E-state index in [9.17, 15) is 19.1 Å². The van der Waals surface area contributed by atoms with Crippen molar-refractivity contribution < 1.29 is 23.8 Å². The van der Waals surface area contributed by atoms with Crippen molar-refractivity contribution in [1.29, 1.82) is 0 Å². The predicted octanol–water partition coefficient (Wildman–Crippen LogP) is 5.45. The second-order valence-corrected chi connectivity index (χ2v) is 8.73. The van der Waals surface area contributed by atoms with Gasteiger partial charge in [-0.2, -0.15) is 0 Å². The summed E-state index contributed by atoms with van der Waals surface area (Å²) in [5.41, 5.74) is 3.05. The Morgan fingerprint density at radius 2 is 1.84 bits per heavy atom. The van der Waals surface area contributed by atoms with E-state index in [2.05, 4.69) is 0 Å². The molecular formula is C25H22FNO4S. The minimum absolute atomic E-state index is 0.0480. The highest BCUT2D eigenvalue weighted by Gasteiger charge is 2.48. The highest BCUT2D eigenvalue weighted by atomic mass is 32.1. The van der Waals surface area contributed by atoms with Gasteiger partial charge in [0.1, 0.15) is 23.4 Å². The number of carbonyl (C=O) groups is 2. The lowest BCUT2D eigenvalue weighted by atomic mass is 9.95. The summed E-state index contributed by atoms with van der Waals surface area (Å²) in [6.45, 7) is 5.58. The number of ether oxygens (including phenoxy) is 1. The van der Waals surface area contributed by atoms with Crippen LogP contribution in [0.3, 0.4) is 0 Å². The number of rotatable bonds is 4. The maximum atomic E-state index is 14.0. The third-order valence-electron chi connectivity index (χ3n) is 5.56. The molecule has 4 rings (SSSR count). The Kier molecular flexibility index (Phi) is 5.60. The van der Waals surface area contributed by atoms with Crippen LogP contribution in [0.15, 0.2) is 53.4 Å². The number of hydrogen-bond donors (Lipinski definition) is 1. The number of methoxy groups -OCH3 is 1. The number of hydrogen-bond acceptors (Lipinski definition) is 5. The first-order chi connectivity index (χ1) is 15.2. The highest BCUT2D eigenvalue weighted by molar-refractivity contribution is 7.10. The van der Waals surface area contributed by atoms with Gasteiger partial charge in [0, 0.05) is 10.6 Å². The molecule has 2 aromatic carbocycles. The van der Waals surface area contributed by atoms with E-state index in [1.165, 1.54) is 41.5 Å². The molecule has 1 fully saturated rings. The largest absolute Gasteiger partial charge is 0.507 e. The van der Waals surface area contributed by atoms with Crippen molar-refractivity contribution in [3.63, 3.8) is 0 Å². The normalized spacial score (nSPS) is 17.8. The van der Waals surface area contributed by atoms with Crippen LogP contribution in [0.25, 0.3) is 5.76 Å². The van der Waals surface area contributed by atoms with E-state index in [4.69, 9.17) is 4.74 Å². The van der Waals surface area contributed by atoms with Crippen LogP contribution < -0.4 is 9.64 Å². The van der Waals surface area contributed by atoms with Crippen molar-refractivity contribution in [2.45, 2.75) is 26.8 Å². The third kappa shape index (κ3) is 3.48. The van der Waals surface area contributed by atoms with Gasteiger partial charge in [0.05, 0.1) is 18.2 Å². The van der Waals surface area contributed by atoms with E-state index in [0.717, 1.165) is 21.6 Å². The standard InChI is InChI=1S/C25H22FNO4S/c1-13-10-15(3)23(31-4)18(11-13)21(28)19-20(24-14(2)8-9-32-24)27(25(30)22(19)29)17-7-5-6-16(26)12-17/h5-12,20,28H,1-4H3/b21-19+. The minimum atomic E-state index is -0.887. The Hall–Kier alpha value is -3.45. The summed E-state index contributed by atoms with van der Waals surface area (Å²) in [4.78, 5) is 28.4. The van der Waals surface area contributed by atoms with Crippen LogP contribution in [0.5, 0.6) is 5.75 Å². The summed E-state index contributed by atoms with van der Waals surface area (Å²) in [5.74, 6) is -2.07. The molecule has 0 spiro atoms. The lowest BCUT2D eigenvalue weighted by Crippen LogP contribution is -2.29. The summed E-state index contributed by atoms with van der Waals surface area (Å²) in [5, 5.41) is 13.2. The minimum Gasteiger partial charge on any atom is -0.507 e. The zero-order valence-corrected chi connectivity index (χ0v) is 18.9. The van der Waals surface area contributed by atoms with Crippen molar-refractivity contribution in [2.75, 3.05) is 12.0 Å². The van der Waals surface area contributed by atoms with Crippen molar-refractivity contribution in [2.24, 2.45) is 0 Å². The summed E-state index contributed by atoms with van der Waals surface area (Å²) < 4.78 is 19.5. The second-order valence-electron chi connectivity index (χ2n) is 7.78. The Balaban J connectivity index is 2.02. The van der Waals surface area contributed by atoms with Gasteiger partial charge in [-0.3, -0.25) is 14.5 Å². The van der Waals surface area contributed by atoms with Gasteiger partial charge in [-0.1, -0.05) is 12.1 Å². The Bertz CT molecular complexity index is 1280. The zero-order valence-electron chi connectivity index (χ0n) is 18.1. The highest BCUT2D eigenvalue weighted by Crippen LogP contribution is 2.46. The molecule has 7 heteroatoms. The molecule has 1 aliphatic rings. The molecule has 1 amide bonds. The van der Waals surface area contributed by atoms with Crippen LogP contribution >= 0.6 is 11.3 Å². The van der Waals surface area contributed by atoms with E-state index in [1.54, 1.807) is 12.1 Å². The quantitative estimate of drug-likeness (QED) is 0.326. The molecule has 32 heavy (non-hydrogen) atoms. The SMILES string of the molecule is COc1c(C)cc(C)cc1/C(O)=C1\C(=O)C(=O)N(c2cccc(F)c2)C1c1sccc1C. The number of anilines is 1. The van der Waals surface area contributed by atoms with Gasteiger partial charge >= 0.3 is 0 Å². The number of benzene rings is 2. The number of nitrogens with zero attached hydrogens (tertiary/aromatic N) is 1. The van der Waals surface area contributed by atoms with Gasteiger partial charge in [0.25, 0.3) is 11.7 Å². The molecule has 1 aromatic heterocycles. The molecular weight excluding hydrogens is 429 g/mol. The summed E-state index contributed by atoms with van der Waals surface area (Å²) in [6.07, 6.45) is 0. The maximum Gasteiger partial charge on any atom is 0.300 e. The molecule has 0 saturated carbocycles. The number of halogens is 1. The molecule has 1 unspecified atom stereocenters. The topological polar surface area (TPSA) is 66.8 Å².